The molecule has 0 aromatic heterocycles. The largest absolute Gasteiger partial charge is 0.463 e. The Bertz CT molecular complexity index is 233. The molecule has 0 aliphatic heterocycles. The number of esters is 2. The Morgan fingerprint density at radius 2 is 1.53 bits per heavy atom. The van der Waals surface area contributed by atoms with E-state index in [4.69, 9.17) is 18.9 Å². The highest BCUT2D eigenvalue weighted by Crippen LogP contribution is 2.05. The van der Waals surface area contributed by atoms with Crippen LogP contribution in [0.25, 0.3) is 0 Å². The summed E-state index contributed by atoms with van der Waals surface area (Å²) < 4.78 is 19.0. The molecule has 0 aromatic carbocycles. The molecule has 0 amide bonds. The van der Waals surface area contributed by atoms with Crippen LogP contribution in [-0.4, -0.2) is 57.8 Å². The fourth-order valence-electron chi connectivity index (χ4n) is 0.861. The van der Waals surface area contributed by atoms with Gasteiger partial charge in [0, 0.05) is 14.2 Å². The third kappa shape index (κ3) is 8.96. The van der Waals surface area contributed by atoms with Crippen LogP contribution in [0.2, 0.25) is 0 Å². The van der Waals surface area contributed by atoms with E-state index >= 15 is 0 Å². The van der Waals surface area contributed by atoms with Gasteiger partial charge in [-0.15, -0.1) is 0 Å². The van der Waals surface area contributed by atoms with Crippen molar-refractivity contribution in [3.63, 3.8) is 0 Å². The lowest BCUT2D eigenvalue weighted by Crippen LogP contribution is -2.24. The lowest BCUT2D eigenvalue weighted by Gasteiger charge is -2.10. The molecule has 0 saturated carbocycles. The zero-order valence-electron chi connectivity index (χ0n) is 10.0. The summed E-state index contributed by atoms with van der Waals surface area (Å²) in [4.78, 5) is 22.5. The molecule has 0 aliphatic rings. The van der Waals surface area contributed by atoms with Crippen molar-refractivity contribution in [3.8, 4) is 0 Å². The summed E-state index contributed by atoms with van der Waals surface area (Å²) in [6.45, 7) is 0.936. The van der Waals surface area contributed by atoms with Gasteiger partial charge in [-0.2, -0.15) is 12.6 Å². The molecule has 17 heavy (non-hydrogen) atoms. The molecule has 0 rings (SSSR count). The van der Waals surface area contributed by atoms with Crippen LogP contribution in [-0.2, 0) is 28.5 Å². The number of carbonyl (C=O) groups excluding carboxylic acids is 2. The zero-order chi connectivity index (χ0) is 13.1. The van der Waals surface area contributed by atoms with E-state index in [-0.39, 0.29) is 19.6 Å². The van der Waals surface area contributed by atoms with Crippen LogP contribution in [0.15, 0.2) is 0 Å². The molecule has 0 bridgehead atoms. The average Bonchev–Trinajstić information content (AvgIpc) is 2.29. The van der Waals surface area contributed by atoms with Gasteiger partial charge >= 0.3 is 11.9 Å². The van der Waals surface area contributed by atoms with Gasteiger partial charge < -0.3 is 18.9 Å². The summed E-state index contributed by atoms with van der Waals surface area (Å²) in [6, 6.07) is 0. The number of hydrogen-bond acceptors (Lipinski definition) is 7. The van der Waals surface area contributed by atoms with Gasteiger partial charge in [0.1, 0.15) is 18.5 Å². The lowest BCUT2D eigenvalue weighted by atomic mass is 10.3. The average molecular weight is 266 g/mol. The lowest BCUT2D eigenvalue weighted by molar-refractivity contribution is -0.150. The molecule has 1 unspecified atom stereocenters. The maximum Gasteiger partial charge on any atom is 0.319 e. The minimum atomic E-state index is -0.818. The van der Waals surface area contributed by atoms with E-state index in [1.807, 2.05) is 0 Å². The Kier molecular flexibility index (Phi) is 9.89. The second kappa shape index (κ2) is 10.4. The molecule has 7 heteroatoms. The minimum Gasteiger partial charge on any atom is -0.463 e. The maximum absolute atomic E-state index is 11.3. The quantitative estimate of drug-likeness (QED) is 0.361. The van der Waals surface area contributed by atoms with Crippen LogP contribution >= 0.6 is 12.6 Å². The van der Waals surface area contributed by atoms with E-state index in [0.717, 1.165) is 0 Å². The molecule has 0 N–H and O–H groups in total. The topological polar surface area (TPSA) is 71.1 Å². The van der Waals surface area contributed by atoms with Crippen molar-refractivity contribution in [2.24, 2.45) is 0 Å². The van der Waals surface area contributed by atoms with Crippen molar-refractivity contribution in [2.75, 3.05) is 40.6 Å². The summed E-state index contributed by atoms with van der Waals surface area (Å²) in [7, 11) is 3.00. The molecule has 0 fully saturated rings. The van der Waals surface area contributed by atoms with Crippen LogP contribution in [0.5, 0.6) is 0 Å². The summed E-state index contributed by atoms with van der Waals surface area (Å²) in [5.74, 6) is -1.07. The third-order valence-electron chi connectivity index (χ3n) is 1.71. The second-order valence-electron chi connectivity index (χ2n) is 3.09. The highest BCUT2D eigenvalue weighted by molar-refractivity contribution is 7.81. The summed E-state index contributed by atoms with van der Waals surface area (Å²) in [5.41, 5.74) is 0. The number of ether oxygens (including phenoxy) is 4. The molecule has 0 radical (unpaired) electrons. The van der Waals surface area contributed by atoms with Crippen LogP contribution in [0.3, 0.4) is 0 Å². The highest BCUT2D eigenvalue weighted by Gasteiger charge is 2.20. The summed E-state index contributed by atoms with van der Waals surface area (Å²) in [5, 5.41) is -0.818. The first-order chi connectivity index (χ1) is 8.11. The maximum atomic E-state index is 11.3. The fraction of sp³-hybridized carbons (Fsp3) is 0.800. The number of hydrogen-bond donors (Lipinski definition) is 1. The van der Waals surface area contributed by atoms with Crippen LogP contribution < -0.4 is 0 Å². The summed E-state index contributed by atoms with van der Waals surface area (Å²) in [6.07, 6.45) is -0.126. The van der Waals surface area contributed by atoms with E-state index < -0.39 is 17.2 Å². The molecule has 1 atom stereocenters. The molecule has 0 heterocycles. The Hall–Kier alpha value is -0.790. The van der Waals surface area contributed by atoms with Crippen LogP contribution in [0.4, 0.5) is 0 Å². The van der Waals surface area contributed by atoms with Gasteiger partial charge in [0.15, 0.2) is 0 Å². The first-order valence-corrected chi connectivity index (χ1v) is 5.61. The first kappa shape index (κ1) is 16.2. The van der Waals surface area contributed by atoms with Crippen molar-refractivity contribution in [2.45, 2.75) is 11.7 Å². The number of methoxy groups -OCH3 is 2. The van der Waals surface area contributed by atoms with Crippen molar-refractivity contribution >= 4 is 24.6 Å². The van der Waals surface area contributed by atoms with Crippen LogP contribution in [0.1, 0.15) is 6.42 Å². The van der Waals surface area contributed by atoms with Crippen molar-refractivity contribution < 1.29 is 28.5 Å². The Morgan fingerprint density at radius 3 is 2.06 bits per heavy atom. The molecule has 100 valence electrons. The van der Waals surface area contributed by atoms with Gasteiger partial charge in [-0.3, -0.25) is 9.59 Å². The van der Waals surface area contributed by atoms with Gasteiger partial charge in [0.05, 0.1) is 19.6 Å². The highest BCUT2D eigenvalue weighted by atomic mass is 32.1. The van der Waals surface area contributed by atoms with Crippen LogP contribution in [0, 0.1) is 0 Å². The molecular weight excluding hydrogens is 248 g/mol. The van der Waals surface area contributed by atoms with E-state index in [2.05, 4.69) is 12.6 Å². The normalized spacial score (nSPS) is 11.9. The van der Waals surface area contributed by atoms with E-state index in [1.54, 1.807) is 0 Å². The Balaban J connectivity index is 3.71. The van der Waals surface area contributed by atoms with E-state index in [1.165, 1.54) is 14.2 Å². The molecule has 0 aromatic rings. The molecule has 0 spiro atoms. The molecule has 0 saturated heterocycles. The number of thiol groups is 1. The second-order valence-corrected chi connectivity index (χ2v) is 3.72. The SMILES string of the molecule is COCCOC(=O)CC(S)C(=O)OCCOC. The third-order valence-corrected chi connectivity index (χ3v) is 2.11. The predicted octanol–water partition coefficient (Wildman–Crippen LogP) is 0.0541. The van der Waals surface area contributed by atoms with Gasteiger partial charge in [0.2, 0.25) is 0 Å². The van der Waals surface area contributed by atoms with Gasteiger partial charge in [-0.05, 0) is 0 Å². The molecule has 6 nitrogen and oxygen atoms in total. The van der Waals surface area contributed by atoms with Gasteiger partial charge in [-0.25, -0.2) is 0 Å². The predicted molar refractivity (Wildman–Crippen MR) is 63.1 cm³/mol. The van der Waals surface area contributed by atoms with Crippen molar-refractivity contribution in [3.05, 3.63) is 0 Å². The smallest absolute Gasteiger partial charge is 0.319 e. The Labute approximate surface area is 106 Å². The fourth-order valence-corrected chi connectivity index (χ4v) is 1.08. The minimum absolute atomic E-state index is 0.126. The summed E-state index contributed by atoms with van der Waals surface area (Å²) >= 11 is 3.96. The van der Waals surface area contributed by atoms with Crippen molar-refractivity contribution in [1.82, 2.24) is 0 Å². The molecule has 0 aliphatic carbocycles. The van der Waals surface area contributed by atoms with Gasteiger partial charge in [-0.1, -0.05) is 0 Å². The number of rotatable bonds is 9. The number of carbonyl (C=O) groups is 2. The zero-order valence-corrected chi connectivity index (χ0v) is 10.9. The monoisotopic (exact) mass is 266 g/mol. The first-order valence-electron chi connectivity index (χ1n) is 5.10. The molecular formula is C10H18O6S. The van der Waals surface area contributed by atoms with Crippen molar-refractivity contribution in [1.29, 1.82) is 0 Å². The standard InChI is InChI=1S/C10H18O6S/c1-13-3-5-15-9(11)7-8(17)10(12)16-6-4-14-2/h8,17H,3-7H2,1-2H3. The van der Waals surface area contributed by atoms with Gasteiger partial charge in [0.25, 0.3) is 0 Å². The van der Waals surface area contributed by atoms with E-state index in [9.17, 15) is 9.59 Å². The van der Waals surface area contributed by atoms with E-state index in [0.29, 0.717) is 13.2 Å². The Morgan fingerprint density at radius 1 is 1.00 bits per heavy atom.